The van der Waals surface area contributed by atoms with Crippen molar-refractivity contribution in [3.63, 3.8) is 0 Å². The lowest BCUT2D eigenvalue weighted by atomic mass is 10.2. The van der Waals surface area contributed by atoms with Crippen molar-refractivity contribution in [3.8, 4) is 11.8 Å². The molecule has 1 heterocycles. The Bertz CT molecular complexity index is 1020. The van der Waals surface area contributed by atoms with Gasteiger partial charge in [-0.25, -0.2) is 8.42 Å². The zero-order valence-electron chi connectivity index (χ0n) is 12.3. The summed E-state index contributed by atoms with van der Waals surface area (Å²) in [5.74, 6) is 5.70. The van der Waals surface area contributed by atoms with Gasteiger partial charge in [0.2, 0.25) is 9.84 Å². The minimum atomic E-state index is -3.67. The van der Waals surface area contributed by atoms with E-state index in [0.29, 0.717) is 16.3 Å². The van der Waals surface area contributed by atoms with Gasteiger partial charge in [-0.15, -0.1) is 10.2 Å². The van der Waals surface area contributed by atoms with Crippen LogP contribution in [0.15, 0.2) is 76.7 Å². The number of sulfone groups is 1. The molecule has 0 spiro atoms. The monoisotopic (exact) mass is 354 g/mol. The quantitative estimate of drug-likeness (QED) is 0.662. The lowest BCUT2D eigenvalue weighted by Crippen LogP contribution is -2.05. The smallest absolute Gasteiger partial charge is 0.217 e. The highest BCUT2D eigenvalue weighted by molar-refractivity contribution is 7.91. The fourth-order valence-corrected chi connectivity index (χ4v) is 3.28. The molecule has 2 aromatic carbocycles. The van der Waals surface area contributed by atoms with Gasteiger partial charge in [-0.3, -0.25) is 0 Å². The molecule has 0 saturated carbocycles. The van der Waals surface area contributed by atoms with Crippen LogP contribution in [-0.2, 0) is 9.84 Å². The van der Waals surface area contributed by atoms with Crippen molar-refractivity contribution in [1.82, 2.24) is 10.2 Å². The number of nitrogens with zero attached hydrogens (tertiary/aromatic N) is 2. The Labute approximate surface area is 145 Å². The zero-order chi connectivity index (χ0) is 17.0. The standard InChI is InChI=1S/C18H11ClN2O2S/c19-17-9-5-4-6-14(17)10-11-15-12-13-18(21-20-15)24(22,23)16-7-2-1-3-8-16/h1-9,12-13H. The summed E-state index contributed by atoms with van der Waals surface area (Å²) in [7, 11) is -3.67. The van der Waals surface area contributed by atoms with E-state index in [0.717, 1.165) is 0 Å². The van der Waals surface area contributed by atoms with Crippen LogP contribution in [0.4, 0.5) is 0 Å². The summed E-state index contributed by atoms with van der Waals surface area (Å²) in [6.07, 6.45) is 0. The number of hydrogen-bond acceptors (Lipinski definition) is 4. The summed E-state index contributed by atoms with van der Waals surface area (Å²) in [4.78, 5) is 0.175. The largest absolute Gasteiger partial charge is 0.225 e. The molecule has 0 radical (unpaired) electrons. The molecule has 3 rings (SSSR count). The topological polar surface area (TPSA) is 59.9 Å². The minimum absolute atomic E-state index is 0.114. The zero-order valence-corrected chi connectivity index (χ0v) is 13.9. The third kappa shape index (κ3) is 3.46. The van der Waals surface area contributed by atoms with Gasteiger partial charge in [0.1, 0.15) is 5.69 Å². The first kappa shape index (κ1) is 16.2. The van der Waals surface area contributed by atoms with Crippen LogP contribution in [0.2, 0.25) is 5.02 Å². The molecule has 0 fully saturated rings. The molecule has 6 heteroatoms. The SMILES string of the molecule is O=S(=O)(c1ccccc1)c1ccc(C#Cc2ccccc2Cl)nn1. The van der Waals surface area contributed by atoms with E-state index in [-0.39, 0.29) is 9.92 Å². The van der Waals surface area contributed by atoms with Gasteiger partial charge < -0.3 is 0 Å². The lowest BCUT2D eigenvalue weighted by Gasteiger charge is -2.02. The number of benzene rings is 2. The summed E-state index contributed by atoms with van der Waals surface area (Å²) >= 11 is 6.03. The van der Waals surface area contributed by atoms with E-state index >= 15 is 0 Å². The molecule has 0 aliphatic heterocycles. The first-order chi connectivity index (χ1) is 11.6. The number of hydrogen-bond donors (Lipinski definition) is 0. The summed E-state index contributed by atoms with van der Waals surface area (Å²) in [6, 6.07) is 18.2. The minimum Gasteiger partial charge on any atom is -0.217 e. The van der Waals surface area contributed by atoms with E-state index in [2.05, 4.69) is 22.0 Å². The Kier molecular flexibility index (Phi) is 4.61. The molecule has 0 unspecified atom stereocenters. The maximum Gasteiger partial charge on any atom is 0.225 e. The molecule has 0 N–H and O–H groups in total. The van der Waals surface area contributed by atoms with Crippen LogP contribution in [0.3, 0.4) is 0 Å². The molecule has 0 aliphatic carbocycles. The summed E-state index contributed by atoms with van der Waals surface area (Å²) in [5, 5.41) is 8.09. The van der Waals surface area contributed by atoms with Crippen LogP contribution in [0.25, 0.3) is 0 Å². The molecule has 0 bridgehead atoms. The van der Waals surface area contributed by atoms with Crippen LogP contribution in [0.1, 0.15) is 11.3 Å². The molecule has 4 nitrogen and oxygen atoms in total. The highest BCUT2D eigenvalue weighted by atomic mass is 35.5. The van der Waals surface area contributed by atoms with Crippen molar-refractivity contribution in [2.24, 2.45) is 0 Å². The Balaban J connectivity index is 1.89. The van der Waals surface area contributed by atoms with Gasteiger partial charge in [0.25, 0.3) is 0 Å². The lowest BCUT2D eigenvalue weighted by molar-refractivity contribution is 0.590. The second kappa shape index (κ2) is 6.83. The molecule has 0 atom stereocenters. The van der Waals surface area contributed by atoms with E-state index in [1.54, 1.807) is 30.3 Å². The van der Waals surface area contributed by atoms with Gasteiger partial charge in [0, 0.05) is 5.56 Å². The van der Waals surface area contributed by atoms with Crippen molar-refractivity contribution >= 4 is 21.4 Å². The summed E-state index contributed by atoms with van der Waals surface area (Å²) < 4.78 is 24.8. The highest BCUT2D eigenvalue weighted by Gasteiger charge is 2.19. The third-order valence-corrected chi connectivity index (χ3v) is 5.16. The van der Waals surface area contributed by atoms with Crippen LogP contribution in [0, 0.1) is 11.8 Å². The van der Waals surface area contributed by atoms with Gasteiger partial charge in [0.15, 0.2) is 5.03 Å². The third-order valence-electron chi connectivity index (χ3n) is 3.17. The van der Waals surface area contributed by atoms with E-state index in [1.165, 1.54) is 24.3 Å². The van der Waals surface area contributed by atoms with Crippen LogP contribution < -0.4 is 0 Å². The Hall–Kier alpha value is -2.68. The summed E-state index contributed by atoms with van der Waals surface area (Å²) in [5.41, 5.74) is 1.03. The second-order valence-electron chi connectivity index (χ2n) is 4.80. The number of halogens is 1. The molecule has 0 amide bonds. The van der Waals surface area contributed by atoms with Crippen LogP contribution in [0.5, 0.6) is 0 Å². The van der Waals surface area contributed by atoms with Crippen LogP contribution in [-0.4, -0.2) is 18.6 Å². The molecular formula is C18H11ClN2O2S. The predicted octanol–water partition coefficient (Wildman–Crippen LogP) is 3.36. The Morgan fingerprint density at radius 2 is 1.50 bits per heavy atom. The molecule has 0 aliphatic rings. The molecule has 3 aromatic rings. The van der Waals surface area contributed by atoms with Crippen LogP contribution >= 0.6 is 11.6 Å². The number of aromatic nitrogens is 2. The maximum absolute atomic E-state index is 12.4. The van der Waals surface area contributed by atoms with Crippen molar-refractivity contribution in [3.05, 3.63) is 83.0 Å². The maximum atomic E-state index is 12.4. The van der Waals surface area contributed by atoms with Gasteiger partial charge in [-0.1, -0.05) is 47.9 Å². The fourth-order valence-electron chi connectivity index (χ4n) is 1.94. The average Bonchev–Trinajstić information content (AvgIpc) is 2.62. The van der Waals surface area contributed by atoms with Crippen molar-refractivity contribution in [2.45, 2.75) is 9.92 Å². The first-order valence-electron chi connectivity index (χ1n) is 6.98. The molecule has 1 aromatic heterocycles. The molecule has 0 saturated heterocycles. The summed E-state index contributed by atoms with van der Waals surface area (Å²) in [6.45, 7) is 0. The Morgan fingerprint density at radius 3 is 2.17 bits per heavy atom. The van der Waals surface area contributed by atoms with Crippen molar-refractivity contribution in [1.29, 1.82) is 0 Å². The van der Waals surface area contributed by atoms with E-state index in [4.69, 9.17) is 11.6 Å². The van der Waals surface area contributed by atoms with E-state index in [9.17, 15) is 8.42 Å². The second-order valence-corrected chi connectivity index (χ2v) is 7.11. The van der Waals surface area contributed by atoms with Crippen molar-refractivity contribution < 1.29 is 8.42 Å². The Morgan fingerprint density at radius 1 is 0.792 bits per heavy atom. The van der Waals surface area contributed by atoms with E-state index in [1.807, 2.05) is 12.1 Å². The van der Waals surface area contributed by atoms with Crippen molar-refractivity contribution in [2.75, 3.05) is 0 Å². The van der Waals surface area contributed by atoms with Gasteiger partial charge >= 0.3 is 0 Å². The fraction of sp³-hybridized carbons (Fsp3) is 0. The number of rotatable bonds is 2. The highest BCUT2D eigenvalue weighted by Crippen LogP contribution is 2.18. The molecule has 24 heavy (non-hydrogen) atoms. The molecule has 118 valence electrons. The van der Waals surface area contributed by atoms with Gasteiger partial charge in [-0.05, 0) is 42.3 Å². The van der Waals surface area contributed by atoms with Gasteiger partial charge in [0.05, 0.1) is 9.92 Å². The van der Waals surface area contributed by atoms with Gasteiger partial charge in [-0.2, -0.15) is 0 Å². The average molecular weight is 355 g/mol. The predicted molar refractivity (Wildman–Crippen MR) is 91.4 cm³/mol. The van der Waals surface area contributed by atoms with E-state index < -0.39 is 9.84 Å². The normalized spacial score (nSPS) is 10.7. The first-order valence-corrected chi connectivity index (χ1v) is 8.84. The molecular weight excluding hydrogens is 344 g/mol.